The summed E-state index contributed by atoms with van der Waals surface area (Å²) in [6, 6.07) is 0. The highest BCUT2D eigenvalue weighted by molar-refractivity contribution is 5.98. The first-order valence-electron chi connectivity index (χ1n) is 4.71. The Balaban J connectivity index is 3.11. The molecule has 102 valence electrons. The van der Waals surface area contributed by atoms with E-state index in [1.54, 1.807) is 0 Å². The molecule has 0 atom stereocenters. The van der Waals surface area contributed by atoms with E-state index < -0.39 is 53.5 Å². The molecular formula is C9H9F5O3Si. The Morgan fingerprint density at radius 2 is 1.28 bits per heavy atom. The van der Waals surface area contributed by atoms with Gasteiger partial charge in [0.15, 0.2) is 33.8 Å². The molecule has 0 spiro atoms. The van der Waals surface area contributed by atoms with Crippen molar-refractivity contribution in [3.05, 3.63) is 34.6 Å². The van der Waals surface area contributed by atoms with Crippen LogP contribution in [0.15, 0.2) is 0 Å². The van der Waals surface area contributed by atoms with Gasteiger partial charge in [0.1, 0.15) is 0 Å². The second-order valence-corrected chi connectivity index (χ2v) is 3.90. The standard InChI is InChI=1S/C9H9F5O3Si/c10-4-3(1-2-9(15,16)17-18)5(11)7(13)8(14)6(4)12/h15-16H,1-2H2,18H3. The Kier molecular flexibility index (Phi) is 4.43. The Morgan fingerprint density at radius 3 is 1.67 bits per heavy atom. The fourth-order valence-corrected chi connectivity index (χ4v) is 1.46. The Bertz CT molecular complexity index is 437. The lowest BCUT2D eigenvalue weighted by Gasteiger charge is -2.20. The van der Waals surface area contributed by atoms with E-state index in [0.29, 0.717) is 0 Å². The van der Waals surface area contributed by atoms with E-state index in [1.165, 1.54) is 0 Å². The van der Waals surface area contributed by atoms with Crippen LogP contribution in [-0.4, -0.2) is 26.7 Å². The summed E-state index contributed by atoms with van der Waals surface area (Å²) in [7, 11) is -0.0802. The number of hydrogen-bond donors (Lipinski definition) is 2. The highest BCUT2D eigenvalue weighted by Crippen LogP contribution is 2.25. The zero-order valence-corrected chi connectivity index (χ0v) is 11.1. The smallest absolute Gasteiger partial charge is 0.267 e. The quantitative estimate of drug-likeness (QED) is 0.274. The van der Waals surface area contributed by atoms with Crippen molar-refractivity contribution in [3.8, 4) is 0 Å². The number of aliphatic hydroxyl groups is 2. The number of rotatable bonds is 4. The fraction of sp³-hybridized carbons (Fsp3) is 0.333. The molecule has 0 saturated heterocycles. The first-order chi connectivity index (χ1) is 8.21. The fourth-order valence-electron chi connectivity index (χ4n) is 1.26. The van der Waals surface area contributed by atoms with Crippen LogP contribution in [0.2, 0.25) is 0 Å². The summed E-state index contributed by atoms with van der Waals surface area (Å²) >= 11 is 0. The molecule has 0 radical (unpaired) electrons. The van der Waals surface area contributed by atoms with Crippen LogP contribution < -0.4 is 0 Å². The summed E-state index contributed by atoms with van der Waals surface area (Å²) in [6.07, 6.45) is -1.50. The Morgan fingerprint density at radius 1 is 0.889 bits per heavy atom. The van der Waals surface area contributed by atoms with Crippen molar-refractivity contribution in [2.75, 3.05) is 0 Å². The third kappa shape index (κ3) is 2.86. The predicted octanol–water partition coefficient (Wildman–Crippen LogP) is 0.250. The van der Waals surface area contributed by atoms with Crippen molar-refractivity contribution in [1.82, 2.24) is 0 Å². The lowest BCUT2D eigenvalue weighted by Crippen LogP contribution is -2.31. The molecule has 18 heavy (non-hydrogen) atoms. The van der Waals surface area contributed by atoms with Gasteiger partial charge >= 0.3 is 0 Å². The van der Waals surface area contributed by atoms with E-state index in [-0.39, 0.29) is 10.5 Å². The molecule has 0 unspecified atom stereocenters. The summed E-state index contributed by atoms with van der Waals surface area (Å²) in [5.74, 6) is -13.0. The van der Waals surface area contributed by atoms with Crippen LogP contribution in [0, 0.1) is 29.1 Å². The van der Waals surface area contributed by atoms with E-state index in [0.717, 1.165) is 0 Å². The van der Waals surface area contributed by atoms with Gasteiger partial charge < -0.3 is 14.6 Å². The highest BCUT2D eigenvalue weighted by atomic mass is 28.2. The summed E-state index contributed by atoms with van der Waals surface area (Å²) in [6.45, 7) is 0. The molecule has 0 saturated carbocycles. The second-order valence-electron chi connectivity index (χ2n) is 3.50. The van der Waals surface area contributed by atoms with Crippen molar-refractivity contribution in [2.24, 2.45) is 0 Å². The average Bonchev–Trinajstić information content (AvgIpc) is 2.34. The van der Waals surface area contributed by atoms with Gasteiger partial charge in [-0.25, -0.2) is 22.0 Å². The van der Waals surface area contributed by atoms with Gasteiger partial charge in [-0.15, -0.1) is 0 Å². The summed E-state index contributed by atoms with van der Waals surface area (Å²) in [4.78, 5) is 0. The van der Waals surface area contributed by atoms with Crippen LogP contribution in [0.3, 0.4) is 0 Å². The molecule has 0 heterocycles. The maximum absolute atomic E-state index is 13.2. The number of halogens is 5. The van der Waals surface area contributed by atoms with Gasteiger partial charge in [-0.1, -0.05) is 0 Å². The molecule has 3 nitrogen and oxygen atoms in total. The highest BCUT2D eigenvalue weighted by Gasteiger charge is 2.28. The topological polar surface area (TPSA) is 49.7 Å². The molecule has 0 fully saturated rings. The Labute approximate surface area is 101 Å². The minimum atomic E-state index is -2.65. The van der Waals surface area contributed by atoms with Crippen molar-refractivity contribution in [1.29, 1.82) is 0 Å². The van der Waals surface area contributed by atoms with Crippen LogP contribution in [0.5, 0.6) is 0 Å². The van der Waals surface area contributed by atoms with Crippen molar-refractivity contribution in [3.63, 3.8) is 0 Å². The lowest BCUT2D eigenvalue weighted by atomic mass is 10.1. The van der Waals surface area contributed by atoms with Gasteiger partial charge in [0, 0.05) is 12.0 Å². The minimum absolute atomic E-state index is 0.0802. The minimum Gasteiger partial charge on any atom is -0.381 e. The maximum atomic E-state index is 13.2. The third-order valence-corrected chi connectivity index (χ3v) is 2.98. The van der Waals surface area contributed by atoms with E-state index >= 15 is 0 Å². The molecule has 1 rings (SSSR count). The van der Waals surface area contributed by atoms with Gasteiger partial charge in [0.05, 0.1) is 0 Å². The van der Waals surface area contributed by atoms with Crippen molar-refractivity contribution in [2.45, 2.75) is 18.8 Å². The van der Waals surface area contributed by atoms with Gasteiger partial charge in [-0.3, -0.25) is 0 Å². The molecule has 0 aliphatic rings. The van der Waals surface area contributed by atoms with E-state index in [9.17, 15) is 22.0 Å². The SMILES string of the molecule is OC(O)(CCc1c(F)c(F)c(F)c(F)c1F)O[SiH3]. The van der Waals surface area contributed by atoms with E-state index in [1.807, 2.05) is 0 Å². The van der Waals surface area contributed by atoms with Gasteiger partial charge in [-0.05, 0) is 6.42 Å². The van der Waals surface area contributed by atoms with Crippen LogP contribution in [0.25, 0.3) is 0 Å². The van der Waals surface area contributed by atoms with Crippen LogP contribution in [-0.2, 0) is 10.8 Å². The average molecular weight is 288 g/mol. The normalized spacial score (nSPS) is 12.2. The molecule has 0 aliphatic heterocycles. The molecule has 1 aromatic carbocycles. The lowest BCUT2D eigenvalue weighted by molar-refractivity contribution is -0.294. The molecule has 0 aliphatic carbocycles. The van der Waals surface area contributed by atoms with E-state index in [2.05, 4.69) is 4.43 Å². The summed E-state index contributed by atoms with van der Waals surface area (Å²) < 4.78 is 68.9. The monoisotopic (exact) mass is 288 g/mol. The summed E-state index contributed by atoms with van der Waals surface area (Å²) in [5, 5.41) is 18.0. The van der Waals surface area contributed by atoms with Crippen LogP contribution in [0.1, 0.15) is 12.0 Å². The summed E-state index contributed by atoms with van der Waals surface area (Å²) in [5.41, 5.74) is -1.11. The van der Waals surface area contributed by atoms with Crippen molar-refractivity contribution >= 4 is 10.5 Å². The predicted molar refractivity (Wildman–Crippen MR) is 52.7 cm³/mol. The van der Waals surface area contributed by atoms with Crippen LogP contribution in [0.4, 0.5) is 22.0 Å². The molecule has 9 heteroatoms. The molecule has 0 aromatic heterocycles. The molecule has 2 N–H and O–H groups in total. The van der Waals surface area contributed by atoms with Crippen LogP contribution >= 0.6 is 0 Å². The number of hydrogen-bond acceptors (Lipinski definition) is 3. The largest absolute Gasteiger partial charge is 0.381 e. The molecule has 0 bridgehead atoms. The first-order valence-corrected chi connectivity index (χ1v) is 5.53. The zero-order chi connectivity index (χ0) is 14.1. The van der Waals surface area contributed by atoms with Gasteiger partial charge in [-0.2, -0.15) is 0 Å². The third-order valence-electron chi connectivity index (χ3n) is 2.33. The van der Waals surface area contributed by atoms with E-state index in [4.69, 9.17) is 10.2 Å². The molecule has 1 aromatic rings. The number of benzene rings is 1. The first kappa shape index (κ1) is 15.0. The molecular weight excluding hydrogens is 279 g/mol. The van der Waals surface area contributed by atoms with Gasteiger partial charge in [0.25, 0.3) is 5.97 Å². The molecule has 0 amide bonds. The second kappa shape index (κ2) is 5.30. The Hall–Kier alpha value is -1.03. The maximum Gasteiger partial charge on any atom is 0.267 e. The zero-order valence-electron chi connectivity index (χ0n) is 9.11. The van der Waals surface area contributed by atoms with Gasteiger partial charge in [0.2, 0.25) is 5.82 Å². The van der Waals surface area contributed by atoms with Crippen molar-refractivity contribution < 1.29 is 36.6 Å².